The maximum atomic E-state index is 10.2. The third kappa shape index (κ3) is 4.93. The summed E-state index contributed by atoms with van der Waals surface area (Å²) in [5.41, 5.74) is 0. The summed E-state index contributed by atoms with van der Waals surface area (Å²) >= 11 is 3.39. The van der Waals surface area contributed by atoms with Gasteiger partial charge in [0, 0.05) is 43.4 Å². The van der Waals surface area contributed by atoms with Gasteiger partial charge in [-0.3, -0.25) is 4.90 Å². The fourth-order valence-corrected chi connectivity index (χ4v) is 3.04. The van der Waals surface area contributed by atoms with Crippen molar-refractivity contribution in [2.24, 2.45) is 0 Å². The molecule has 2 heterocycles. The maximum absolute atomic E-state index is 10.2. The highest BCUT2D eigenvalue weighted by Crippen LogP contribution is 2.16. The van der Waals surface area contributed by atoms with E-state index in [0.717, 1.165) is 42.2 Å². The minimum Gasteiger partial charge on any atom is -0.491 e. The summed E-state index contributed by atoms with van der Waals surface area (Å²) in [6, 6.07) is 13.6. The van der Waals surface area contributed by atoms with Crippen LogP contribution >= 0.6 is 15.9 Å². The molecule has 1 aromatic heterocycles. The van der Waals surface area contributed by atoms with Crippen molar-refractivity contribution in [3.63, 3.8) is 0 Å². The molecule has 0 radical (unpaired) electrons. The van der Waals surface area contributed by atoms with Crippen LogP contribution in [-0.4, -0.2) is 60.4 Å². The fourth-order valence-electron chi connectivity index (χ4n) is 2.77. The van der Waals surface area contributed by atoms with E-state index in [9.17, 15) is 5.11 Å². The van der Waals surface area contributed by atoms with Crippen LogP contribution in [0.1, 0.15) is 0 Å². The van der Waals surface area contributed by atoms with E-state index < -0.39 is 6.10 Å². The highest BCUT2D eigenvalue weighted by molar-refractivity contribution is 9.10. The summed E-state index contributed by atoms with van der Waals surface area (Å²) in [6.45, 7) is 4.64. The van der Waals surface area contributed by atoms with E-state index in [2.05, 4.69) is 30.7 Å². The number of rotatable bonds is 6. The molecule has 1 N–H and O–H groups in total. The number of aliphatic hydroxyl groups is 1. The second kappa shape index (κ2) is 8.46. The van der Waals surface area contributed by atoms with Crippen molar-refractivity contribution in [2.75, 3.05) is 44.2 Å². The van der Waals surface area contributed by atoms with Gasteiger partial charge in [0.25, 0.3) is 0 Å². The third-order valence-corrected chi connectivity index (χ3v) is 4.60. The largest absolute Gasteiger partial charge is 0.491 e. The zero-order valence-electron chi connectivity index (χ0n) is 13.5. The molecule has 1 saturated heterocycles. The topological polar surface area (TPSA) is 48.8 Å². The average Bonchev–Trinajstić information content (AvgIpc) is 2.63. The lowest BCUT2D eigenvalue weighted by atomic mass is 10.2. The van der Waals surface area contributed by atoms with E-state index in [1.807, 2.05) is 48.7 Å². The summed E-state index contributed by atoms with van der Waals surface area (Å²) < 4.78 is 6.65. The number of hydrogen-bond acceptors (Lipinski definition) is 5. The van der Waals surface area contributed by atoms with Gasteiger partial charge in [0.2, 0.25) is 0 Å². The van der Waals surface area contributed by atoms with E-state index >= 15 is 0 Å². The SMILES string of the molecule is O[C@@H](COc1ccc(Br)cc1)CN1CCN(c2ccccn2)CC1. The van der Waals surface area contributed by atoms with Gasteiger partial charge in [-0.2, -0.15) is 0 Å². The molecule has 0 amide bonds. The summed E-state index contributed by atoms with van der Waals surface area (Å²) in [4.78, 5) is 8.94. The second-order valence-electron chi connectivity index (χ2n) is 5.89. The Hall–Kier alpha value is -1.63. The van der Waals surface area contributed by atoms with E-state index in [1.165, 1.54) is 0 Å². The van der Waals surface area contributed by atoms with E-state index in [4.69, 9.17) is 4.74 Å². The highest BCUT2D eigenvalue weighted by Gasteiger charge is 2.20. The Morgan fingerprint density at radius 1 is 1.08 bits per heavy atom. The van der Waals surface area contributed by atoms with Crippen molar-refractivity contribution in [1.29, 1.82) is 0 Å². The molecule has 6 heteroatoms. The van der Waals surface area contributed by atoms with Gasteiger partial charge in [-0.15, -0.1) is 0 Å². The minimum absolute atomic E-state index is 0.308. The standard InChI is InChI=1S/C18H22BrN3O2/c19-15-4-6-17(7-5-15)24-14-16(23)13-21-9-11-22(12-10-21)18-3-1-2-8-20-18/h1-8,16,23H,9-14H2/t16-/m1/s1. The smallest absolute Gasteiger partial charge is 0.128 e. The number of anilines is 1. The van der Waals surface area contributed by atoms with Crippen LogP contribution in [0.15, 0.2) is 53.1 Å². The minimum atomic E-state index is -0.491. The van der Waals surface area contributed by atoms with Crippen LogP contribution in [0.25, 0.3) is 0 Å². The first-order chi connectivity index (χ1) is 11.7. The molecule has 1 aliphatic heterocycles. The van der Waals surface area contributed by atoms with E-state index in [0.29, 0.717) is 13.2 Å². The monoisotopic (exact) mass is 391 g/mol. The predicted molar refractivity (Wildman–Crippen MR) is 98.5 cm³/mol. The Morgan fingerprint density at radius 2 is 1.83 bits per heavy atom. The Kier molecular flexibility index (Phi) is 6.07. The second-order valence-corrected chi connectivity index (χ2v) is 6.81. The van der Waals surface area contributed by atoms with Gasteiger partial charge in [0.1, 0.15) is 24.3 Å². The molecule has 2 aromatic rings. The summed E-state index contributed by atoms with van der Waals surface area (Å²) in [7, 11) is 0. The van der Waals surface area contributed by atoms with Crippen LogP contribution in [0.2, 0.25) is 0 Å². The normalized spacial score (nSPS) is 16.8. The van der Waals surface area contributed by atoms with Crippen molar-refractivity contribution >= 4 is 21.7 Å². The summed E-state index contributed by atoms with van der Waals surface area (Å²) in [5.74, 6) is 1.80. The average molecular weight is 392 g/mol. The fraction of sp³-hybridized carbons (Fsp3) is 0.389. The Balaban J connectivity index is 1.40. The summed E-state index contributed by atoms with van der Waals surface area (Å²) in [6.07, 6.45) is 1.33. The van der Waals surface area contributed by atoms with Gasteiger partial charge in [-0.05, 0) is 36.4 Å². The molecule has 24 heavy (non-hydrogen) atoms. The Bertz CT molecular complexity index is 616. The zero-order chi connectivity index (χ0) is 16.8. The van der Waals surface area contributed by atoms with Gasteiger partial charge < -0.3 is 14.7 Å². The number of benzene rings is 1. The van der Waals surface area contributed by atoms with Crippen LogP contribution in [0.4, 0.5) is 5.82 Å². The summed E-state index contributed by atoms with van der Waals surface area (Å²) in [5, 5.41) is 10.2. The number of hydrogen-bond donors (Lipinski definition) is 1. The molecule has 0 spiro atoms. The number of aliphatic hydroxyl groups excluding tert-OH is 1. The third-order valence-electron chi connectivity index (χ3n) is 4.07. The van der Waals surface area contributed by atoms with Gasteiger partial charge in [0.05, 0.1) is 0 Å². The van der Waals surface area contributed by atoms with Crippen molar-refractivity contribution in [3.8, 4) is 5.75 Å². The first kappa shape index (κ1) is 17.2. The maximum Gasteiger partial charge on any atom is 0.128 e. The van der Waals surface area contributed by atoms with Gasteiger partial charge >= 0.3 is 0 Å². The molecule has 0 saturated carbocycles. The lowest BCUT2D eigenvalue weighted by molar-refractivity contribution is 0.0662. The lowest BCUT2D eigenvalue weighted by Gasteiger charge is -2.36. The van der Waals surface area contributed by atoms with Gasteiger partial charge in [0.15, 0.2) is 0 Å². The number of pyridine rings is 1. The number of halogens is 1. The predicted octanol–water partition coefficient (Wildman–Crippen LogP) is 2.41. The van der Waals surface area contributed by atoms with Crippen molar-refractivity contribution < 1.29 is 9.84 Å². The van der Waals surface area contributed by atoms with Crippen molar-refractivity contribution in [3.05, 3.63) is 53.1 Å². The number of aromatic nitrogens is 1. The Labute approximate surface area is 151 Å². The first-order valence-corrected chi connectivity index (χ1v) is 8.95. The van der Waals surface area contributed by atoms with Crippen LogP contribution in [0.3, 0.4) is 0 Å². The number of piperazine rings is 1. The molecule has 0 aliphatic carbocycles. The van der Waals surface area contributed by atoms with E-state index in [-0.39, 0.29) is 0 Å². The molecule has 3 rings (SSSR count). The van der Waals surface area contributed by atoms with Crippen LogP contribution in [-0.2, 0) is 0 Å². The molecule has 1 atom stereocenters. The number of ether oxygens (including phenoxy) is 1. The molecule has 1 fully saturated rings. The molecule has 1 aliphatic rings. The van der Waals surface area contributed by atoms with Crippen LogP contribution in [0.5, 0.6) is 5.75 Å². The zero-order valence-corrected chi connectivity index (χ0v) is 15.1. The number of β-amino-alcohol motifs (C(OH)–C–C–N with tert-alkyl or cyclic N) is 1. The molecular weight excluding hydrogens is 370 g/mol. The van der Waals surface area contributed by atoms with Crippen LogP contribution in [0, 0.1) is 0 Å². The molecule has 0 unspecified atom stereocenters. The Morgan fingerprint density at radius 3 is 2.50 bits per heavy atom. The van der Waals surface area contributed by atoms with Gasteiger partial charge in [-0.1, -0.05) is 22.0 Å². The molecule has 128 valence electrons. The lowest BCUT2D eigenvalue weighted by Crippen LogP contribution is -2.49. The molecular formula is C18H22BrN3O2. The number of nitrogens with zero attached hydrogens (tertiary/aromatic N) is 3. The molecule has 5 nitrogen and oxygen atoms in total. The van der Waals surface area contributed by atoms with Crippen LogP contribution < -0.4 is 9.64 Å². The first-order valence-electron chi connectivity index (χ1n) is 8.15. The van der Waals surface area contributed by atoms with E-state index in [1.54, 1.807) is 0 Å². The van der Waals surface area contributed by atoms with Crippen molar-refractivity contribution in [2.45, 2.75) is 6.10 Å². The molecule has 0 bridgehead atoms. The van der Waals surface area contributed by atoms with Crippen molar-refractivity contribution in [1.82, 2.24) is 9.88 Å². The van der Waals surface area contributed by atoms with Gasteiger partial charge in [-0.25, -0.2) is 4.98 Å². The quantitative estimate of drug-likeness (QED) is 0.818. The molecule has 1 aromatic carbocycles. The highest BCUT2D eigenvalue weighted by atomic mass is 79.9.